The highest BCUT2D eigenvalue weighted by Gasteiger charge is 2.09. The van der Waals surface area contributed by atoms with Crippen LogP contribution in [0, 0.1) is 11.6 Å². The van der Waals surface area contributed by atoms with Gasteiger partial charge in [0.2, 0.25) is 0 Å². The Balaban J connectivity index is 2.31. The highest BCUT2D eigenvalue weighted by atomic mass is 35.5. The zero-order chi connectivity index (χ0) is 12.4. The van der Waals surface area contributed by atoms with E-state index in [9.17, 15) is 8.78 Å². The molecule has 0 atom stereocenters. The van der Waals surface area contributed by atoms with Gasteiger partial charge in [0, 0.05) is 10.0 Å². The Morgan fingerprint density at radius 2 is 1.18 bits per heavy atom. The Hall–Kier alpha value is -1.32. The molecule has 0 bridgehead atoms. The van der Waals surface area contributed by atoms with E-state index < -0.39 is 11.6 Å². The molecule has 2 rings (SSSR count). The molecule has 0 aliphatic heterocycles. The third-order valence-corrected chi connectivity index (χ3v) is 2.48. The second-order valence-electron chi connectivity index (χ2n) is 3.25. The third-order valence-electron chi connectivity index (χ3n) is 2.01. The summed E-state index contributed by atoms with van der Waals surface area (Å²) in [6, 6.07) is 7.73. The second-order valence-corrected chi connectivity index (χ2v) is 4.12. The van der Waals surface area contributed by atoms with Crippen LogP contribution in [0.15, 0.2) is 36.4 Å². The lowest BCUT2D eigenvalue weighted by Gasteiger charge is -2.07. The summed E-state index contributed by atoms with van der Waals surface area (Å²) in [6.07, 6.45) is 0. The first kappa shape index (κ1) is 12.1. The van der Waals surface area contributed by atoms with Crippen LogP contribution in [0.1, 0.15) is 0 Å². The predicted molar refractivity (Wildman–Crippen MR) is 62.9 cm³/mol. The normalized spacial score (nSPS) is 10.4. The largest absolute Gasteiger partial charge is 0.451 e. The molecule has 0 fully saturated rings. The van der Waals surface area contributed by atoms with Crippen molar-refractivity contribution in [2.75, 3.05) is 0 Å². The lowest BCUT2D eigenvalue weighted by Crippen LogP contribution is -1.91. The van der Waals surface area contributed by atoms with Gasteiger partial charge in [-0.05, 0) is 36.4 Å². The van der Waals surface area contributed by atoms with Crippen molar-refractivity contribution in [3.8, 4) is 11.5 Å². The second kappa shape index (κ2) is 4.90. The molecule has 0 radical (unpaired) electrons. The molecule has 0 aliphatic carbocycles. The lowest BCUT2D eigenvalue weighted by molar-refractivity contribution is 0.415. The average molecular weight is 275 g/mol. The molecule has 0 saturated carbocycles. The van der Waals surface area contributed by atoms with Crippen LogP contribution in [-0.2, 0) is 0 Å². The standard InChI is InChI=1S/C12H6Cl2F2O/c13-7-1-3-11(9(15)5-7)17-12-4-2-8(14)6-10(12)16/h1-6H. The van der Waals surface area contributed by atoms with E-state index in [0.29, 0.717) is 0 Å². The van der Waals surface area contributed by atoms with Crippen LogP contribution >= 0.6 is 23.2 Å². The zero-order valence-corrected chi connectivity index (χ0v) is 9.90. The van der Waals surface area contributed by atoms with E-state index in [1.165, 1.54) is 24.3 Å². The maximum Gasteiger partial charge on any atom is 0.167 e. The molecule has 0 N–H and O–H groups in total. The van der Waals surface area contributed by atoms with Gasteiger partial charge in [-0.3, -0.25) is 0 Å². The molecular formula is C12H6Cl2F2O. The third kappa shape index (κ3) is 2.87. The van der Waals surface area contributed by atoms with Crippen molar-refractivity contribution in [1.29, 1.82) is 0 Å². The first-order valence-corrected chi connectivity index (χ1v) is 5.40. The zero-order valence-electron chi connectivity index (χ0n) is 8.38. The maximum absolute atomic E-state index is 13.4. The monoisotopic (exact) mass is 274 g/mol. The smallest absolute Gasteiger partial charge is 0.167 e. The summed E-state index contributed by atoms with van der Waals surface area (Å²) in [6.45, 7) is 0. The van der Waals surface area contributed by atoms with Gasteiger partial charge in [-0.2, -0.15) is 0 Å². The van der Waals surface area contributed by atoms with Crippen molar-refractivity contribution in [3.05, 3.63) is 58.1 Å². The highest BCUT2D eigenvalue weighted by molar-refractivity contribution is 6.30. The summed E-state index contributed by atoms with van der Waals surface area (Å²) in [7, 11) is 0. The van der Waals surface area contributed by atoms with E-state index in [1.807, 2.05) is 0 Å². The summed E-state index contributed by atoms with van der Waals surface area (Å²) in [5.41, 5.74) is 0. The van der Waals surface area contributed by atoms with Gasteiger partial charge in [0.05, 0.1) is 0 Å². The number of benzene rings is 2. The SMILES string of the molecule is Fc1cc(Cl)ccc1Oc1ccc(Cl)cc1F. The van der Waals surface area contributed by atoms with Crippen molar-refractivity contribution in [2.45, 2.75) is 0 Å². The minimum Gasteiger partial charge on any atom is -0.451 e. The Morgan fingerprint density at radius 1 is 0.765 bits per heavy atom. The van der Waals surface area contributed by atoms with Crippen LogP contribution < -0.4 is 4.74 Å². The average Bonchev–Trinajstić information content (AvgIpc) is 2.25. The van der Waals surface area contributed by atoms with Gasteiger partial charge in [0.1, 0.15) is 0 Å². The fourth-order valence-corrected chi connectivity index (χ4v) is 1.55. The van der Waals surface area contributed by atoms with E-state index >= 15 is 0 Å². The predicted octanol–water partition coefficient (Wildman–Crippen LogP) is 5.06. The summed E-state index contributed by atoms with van der Waals surface area (Å²) < 4.78 is 31.9. The van der Waals surface area contributed by atoms with Gasteiger partial charge in [0.25, 0.3) is 0 Å². The van der Waals surface area contributed by atoms with E-state index in [0.717, 1.165) is 12.1 Å². The van der Waals surface area contributed by atoms with Crippen LogP contribution in [0.2, 0.25) is 10.0 Å². The fraction of sp³-hybridized carbons (Fsp3) is 0. The molecule has 0 spiro atoms. The molecule has 0 heterocycles. The number of halogens is 4. The van der Waals surface area contributed by atoms with Crippen LogP contribution in [0.3, 0.4) is 0 Å². The van der Waals surface area contributed by atoms with Crippen molar-refractivity contribution in [2.24, 2.45) is 0 Å². The summed E-state index contributed by atoms with van der Waals surface area (Å²) >= 11 is 11.2. The molecule has 0 aromatic heterocycles. The fourth-order valence-electron chi connectivity index (χ4n) is 1.23. The van der Waals surface area contributed by atoms with Crippen molar-refractivity contribution < 1.29 is 13.5 Å². The Morgan fingerprint density at radius 3 is 1.53 bits per heavy atom. The van der Waals surface area contributed by atoms with Crippen molar-refractivity contribution >= 4 is 23.2 Å². The maximum atomic E-state index is 13.4. The van der Waals surface area contributed by atoms with Gasteiger partial charge in [-0.15, -0.1) is 0 Å². The van der Waals surface area contributed by atoms with Gasteiger partial charge >= 0.3 is 0 Å². The molecule has 1 nitrogen and oxygen atoms in total. The van der Waals surface area contributed by atoms with Crippen LogP contribution in [-0.4, -0.2) is 0 Å². The lowest BCUT2D eigenvalue weighted by atomic mass is 10.3. The minimum absolute atomic E-state index is 0.101. The molecule has 17 heavy (non-hydrogen) atoms. The molecule has 0 saturated heterocycles. The molecule has 0 amide bonds. The number of ether oxygens (including phenoxy) is 1. The van der Waals surface area contributed by atoms with Gasteiger partial charge < -0.3 is 4.74 Å². The van der Waals surface area contributed by atoms with Crippen LogP contribution in [0.4, 0.5) is 8.78 Å². The minimum atomic E-state index is -0.660. The molecule has 5 heteroatoms. The first-order chi connectivity index (χ1) is 8.06. The number of hydrogen-bond donors (Lipinski definition) is 0. The molecule has 0 aliphatic rings. The van der Waals surface area contributed by atoms with Crippen molar-refractivity contribution in [3.63, 3.8) is 0 Å². The Labute approximate surface area is 107 Å². The highest BCUT2D eigenvalue weighted by Crippen LogP contribution is 2.29. The Kier molecular flexibility index (Phi) is 3.50. The van der Waals surface area contributed by atoms with Crippen LogP contribution in [0.25, 0.3) is 0 Å². The number of rotatable bonds is 2. The molecule has 88 valence electrons. The summed E-state index contributed by atoms with van der Waals surface area (Å²) in [5.74, 6) is -1.52. The van der Waals surface area contributed by atoms with Crippen LogP contribution in [0.5, 0.6) is 11.5 Å². The summed E-state index contributed by atoms with van der Waals surface area (Å²) in [5, 5.41) is 0.484. The molecule has 2 aromatic carbocycles. The number of hydrogen-bond acceptors (Lipinski definition) is 1. The molecular weight excluding hydrogens is 269 g/mol. The summed E-state index contributed by atoms with van der Waals surface area (Å²) in [4.78, 5) is 0. The van der Waals surface area contributed by atoms with E-state index in [1.54, 1.807) is 0 Å². The van der Waals surface area contributed by atoms with Gasteiger partial charge in [-0.25, -0.2) is 8.78 Å². The van der Waals surface area contributed by atoms with E-state index in [-0.39, 0.29) is 21.5 Å². The van der Waals surface area contributed by atoms with E-state index in [4.69, 9.17) is 27.9 Å². The molecule has 2 aromatic rings. The van der Waals surface area contributed by atoms with Gasteiger partial charge in [-0.1, -0.05) is 23.2 Å². The Bertz CT molecular complexity index is 509. The molecule has 0 unspecified atom stereocenters. The quantitative estimate of drug-likeness (QED) is 0.744. The van der Waals surface area contributed by atoms with Crippen molar-refractivity contribution in [1.82, 2.24) is 0 Å². The first-order valence-electron chi connectivity index (χ1n) is 4.64. The van der Waals surface area contributed by atoms with Gasteiger partial charge in [0.15, 0.2) is 23.1 Å². The topological polar surface area (TPSA) is 9.23 Å². The van der Waals surface area contributed by atoms with E-state index in [2.05, 4.69) is 0 Å².